The molecule has 4 aliphatic rings. The number of methoxy groups -OCH3 is 3. The van der Waals surface area contributed by atoms with E-state index in [0.717, 1.165) is 24.8 Å². The molecule has 2 bridgehead atoms. The van der Waals surface area contributed by atoms with E-state index < -0.39 is 86.1 Å². The number of amides is 1. The van der Waals surface area contributed by atoms with Crippen molar-refractivity contribution in [1.82, 2.24) is 4.90 Å². The summed E-state index contributed by atoms with van der Waals surface area (Å²) < 4.78 is 36.4. The van der Waals surface area contributed by atoms with Crippen LogP contribution in [0.2, 0.25) is 19.6 Å². The Morgan fingerprint density at radius 3 is 2.20 bits per heavy atom. The van der Waals surface area contributed by atoms with Gasteiger partial charge in [0.1, 0.15) is 30.1 Å². The van der Waals surface area contributed by atoms with Gasteiger partial charge in [0.2, 0.25) is 5.79 Å². The van der Waals surface area contributed by atoms with E-state index in [4.69, 9.17) is 28.1 Å². The Morgan fingerprint density at radius 2 is 1.55 bits per heavy atom. The van der Waals surface area contributed by atoms with Crippen molar-refractivity contribution in [2.45, 2.75) is 200 Å². The summed E-state index contributed by atoms with van der Waals surface area (Å²) in [5.41, 5.74) is 1.29. The smallest absolute Gasteiger partial charge is 0.329 e. The predicted octanol–water partition coefficient (Wildman–Crippen LogP) is 8.04. The molecular weight excluding hydrogens is 899 g/mol. The maximum Gasteiger partial charge on any atom is 0.329 e. The zero-order valence-electron chi connectivity index (χ0n) is 44.1. The third-order valence-corrected chi connectivity index (χ3v) is 16.0. The van der Waals surface area contributed by atoms with Crippen molar-refractivity contribution in [3.63, 3.8) is 0 Å². The van der Waals surface area contributed by atoms with Gasteiger partial charge in [-0.2, -0.15) is 0 Å². The summed E-state index contributed by atoms with van der Waals surface area (Å²) in [6.07, 6.45) is 12.8. The first-order valence-electron chi connectivity index (χ1n) is 25.6. The van der Waals surface area contributed by atoms with Crippen LogP contribution >= 0.6 is 0 Å². The number of esters is 1. The van der Waals surface area contributed by atoms with Gasteiger partial charge in [-0.1, -0.05) is 71.1 Å². The highest BCUT2D eigenvalue weighted by atomic mass is 28.4. The molecule has 0 spiro atoms. The van der Waals surface area contributed by atoms with Gasteiger partial charge in [0.05, 0.1) is 24.4 Å². The fourth-order valence-electron chi connectivity index (χ4n) is 10.7. The highest BCUT2D eigenvalue weighted by Gasteiger charge is 2.53. The average molecular weight is 986 g/mol. The molecule has 69 heavy (non-hydrogen) atoms. The number of fused-ring (bicyclic) bond motifs is 3. The van der Waals surface area contributed by atoms with Crippen molar-refractivity contribution in [3.8, 4) is 0 Å². The number of ether oxygens (including phenoxy) is 5. The van der Waals surface area contributed by atoms with Crippen LogP contribution in [0.4, 0.5) is 0 Å². The molecule has 3 fully saturated rings. The Morgan fingerprint density at radius 1 is 0.841 bits per heavy atom. The summed E-state index contributed by atoms with van der Waals surface area (Å²) in [5, 5.41) is 23.5. The van der Waals surface area contributed by atoms with E-state index in [-0.39, 0.29) is 60.9 Å². The minimum Gasteiger partial charge on any atom is -0.460 e. The quantitative estimate of drug-likeness (QED) is 0.103. The van der Waals surface area contributed by atoms with Gasteiger partial charge in [0.15, 0.2) is 14.1 Å². The summed E-state index contributed by atoms with van der Waals surface area (Å²) in [5.74, 6) is -7.72. The van der Waals surface area contributed by atoms with Gasteiger partial charge in [-0.3, -0.25) is 19.2 Å². The SMILES string of the molecule is CO[C@H]1C[C@@H]2CC[C@@H](C)[C@@](O)(O2)C(=O)C(=O)N2CCCC[C@H]2C(=O)OC([C@H](C)C[C@@H]2CC[C@@H](O[Si](C)(C)C)[C@H](OC)C2)CC(=O)[C@H](C)/C=C(\C)[C@@H](O)[C@@H](OC)C(=O)[C@H](C)C[C@H](C)/C=C/C=C/C=C/1C. The number of piperidine rings is 1. The topological polar surface area (TPSA) is 184 Å². The minimum atomic E-state index is -2.42. The first-order chi connectivity index (χ1) is 32.4. The van der Waals surface area contributed by atoms with E-state index in [1.54, 1.807) is 41.1 Å². The summed E-state index contributed by atoms with van der Waals surface area (Å²) in [6, 6.07) is -1.13. The number of cyclic esters (lactones) is 1. The van der Waals surface area contributed by atoms with Crippen LogP contribution in [-0.2, 0) is 52.1 Å². The Hall–Kier alpha value is -3.15. The highest BCUT2D eigenvalue weighted by Crippen LogP contribution is 2.38. The molecule has 0 radical (unpaired) electrons. The van der Waals surface area contributed by atoms with E-state index in [9.17, 15) is 34.2 Å². The molecular formula is C54H87NO13Si. The van der Waals surface area contributed by atoms with Crippen LogP contribution in [0, 0.1) is 35.5 Å². The second-order valence-electron chi connectivity index (χ2n) is 21.8. The summed E-state index contributed by atoms with van der Waals surface area (Å²) in [4.78, 5) is 72.4. The molecule has 1 saturated carbocycles. The number of carbonyl (C=O) groups excluding carboxylic acids is 5. The standard InChI is InChI=1S/C54H87NO13Si/c1-33-19-15-14-16-20-34(2)45(63-8)31-41-24-22-39(7)54(62,67-41)51(59)52(60)55-26-18-17-21-42(55)53(61)66-46(36(4)29-40-23-25-44(47(30-40)64-9)68-69(11,12)13)32-43(56)35(3)28-38(6)49(58)50(65-10)48(57)37(5)27-33/h14-16,19-20,28,33,35-37,39-42,44-47,49-50,58,62H,17-18,21-27,29-32H2,1-13H3/b16-14+,19-15+,34-20+,38-28+/t33-,35-,36-,37-,39-,40+,41+,42+,44-,45+,46?,47-,49-,50+,54-/m1/s1. The summed E-state index contributed by atoms with van der Waals surface area (Å²) in [7, 11) is 2.84. The van der Waals surface area contributed by atoms with Crippen molar-refractivity contribution < 1.29 is 62.3 Å². The van der Waals surface area contributed by atoms with E-state index in [1.807, 2.05) is 58.1 Å². The van der Waals surface area contributed by atoms with Gasteiger partial charge < -0.3 is 43.2 Å². The van der Waals surface area contributed by atoms with Gasteiger partial charge >= 0.3 is 5.97 Å². The number of aliphatic hydroxyl groups is 2. The van der Waals surface area contributed by atoms with Gasteiger partial charge in [0, 0.05) is 58.5 Å². The number of carbonyl (C=O) groups is 5. The molecule has 1 amide bonds. The normalized spacial score (nSPS) is 39.0. The molecule has 0 aromatic carbocycles. The second-order valence-corrected chi connectivity index (χ2v) is 26.3. The Balaban J connectivity index is 1.70. The van der Waals surface area contributed by atoms with Crippen molar-refractivity contribution in [3.05, 3.63) is 47.6 Å². The predicted molar refractivity (Wildman–Crippen MR) is 267 cm³/mol. The summed E-state index contributed by atoms with van der Waals surface area (Å²) >= 11 is 0. The van der Waals surface area contributed by atoms with Crippen LogP contribution < -0.4 is 0 Å². The van der Waals surface area contributed by atoms with E-state index in [1.165, 1.54) is 12.0 Å². The lowest BCUT2D eigenvalue weighted by molar-refractivity contribution is -0.265. The molecule has 2 N–H and O–H groups in total. The van der Waals surface area contributed by atoms with E-state index in [2.05, 4.69) is 19.6 Å². The van der Waals surface area contributed by atoms with Gasteiger partial charge in [-0.15, -0.1) is 0 Å². The van der Waals surface area contributed by atoms with Crippen molar-refractivity contribution in [1.29, 1.82) is 0 Å². The van der Waals surface area contributed by atoms with Crippen molar-refractivity contribution in [2.24, 2.45) is 35.5 Å². The monoisotopic (exact) mass is 986 g/mol. The number of hydrogen-bond acceptors (Lipinski definition) is 13. The number of hydrogen-bond donors (Lipinski definition) is 2. The zero-order valence-corrected chi connectivity index (χ0v) is 45.1. The molecule has 2 saturated heterocycles. The van der Waals surface area contributed by atoms with Gasteiger partial charge in [-0.05, 0) is 127 Å². The maximum absolute atomic E-state index is 14.5. The van der Waals surface area contributed by atoms with Crippen molar-refractivity contribution in [2.75, 3.05) is 27.9 Å². The third kappa shape index (κ3) is 16.2. The summed E-state index contributed by atoms with van der Waals surface area (Å²) in [6.45, 7) is 19.4. The van der Waals surface area contributed by atoms with Gasteiger partial charge in [0.25, 0.3) is 11.7 Å². The highest BCUT2D eigenvalue weighted by molar-refractivity contribution is 6.69. The van der Waals surface area contributed by atoms with Crippen LogP contribution in [0.15, 0.2) is 47.6 Å². The number of Topliss-reactive ketones (excluding diaryl/α,β-unsaturated/α-hetero) is 3. The lowest BCUT2D eigenvalue weighted by atomic mass is 9.78. The van der Waals surface area contributed by atoms with Crippen molar-refractivity contribution >= 4 is 37.5 Å². The molecule has 14 nitrogen and oxygen atoms in total. The van der Waals surface area contributed by atoms with Crippen LogP contribution in [0.1, 0.15) is 126 Å². The Bertz CT molecular complexity index is 1870. The molecule has 0 aromatic heterocycles. The number of nitrogens with zero attached hydrogens (tertiary/aromatic N) is 1. The van der Waals surface area contributed by atoms with Crippen LogP contribution in [0.5, 0.6) is 0 Å². The lowest BCUT2D eigenvalue weighted by Crippen LogP contribution is -2.61. The fourth-order valence-corrected chi connectivity index (χ4v) is 11.9. The van der Waals surface area contributed by atoms with Crippen LogP contribution in [-0.4, -0.2) is 135 Å². The Labute approximate surface area is 414 Å². The number of rotatable bonds is 8. The van der Waals surface area contributed by atoms with Crippen LogP contribution in [0.25, 0.3) is 0 Å². The zero-order chi connectivity index (χ0) is 51.4. The molecule has 3 heterocycles. The largest absolute Gasteiger partial charge is 0.460 e. The molecule has 15 atom stereocenters. The molecule has 4 rings (SSSR count). The number of aliphatic hydroxyl groups excluding tert-OH is 1. The number of allylic oxidation sites excluding steroid dienone is 6. The molecule has 1 aliphatic carbocycles. The third-order valence-electron chi connectivity index (χ3n) is 15.0. The molecule has 15 heteroatoms. The average Bonchev–Trinajstić information content (AvgIpc) is 3.30. The molecule has 1 unspecified atom stereocenters. The fraction of sp³-hybridized carbons (Fsp3) is 0.759. The molecule has 0 aromatic rings. The Kier molecular flexibility index (Phi) is 22.4. The number of ketones is 3. The lowest BCUT2D eigenvalue weighted by Gasteiger charge is -2.42. The van der Waals surface area contributed by atoms with E-state index in [0.29, 0.717) is 50.5 Å². The first kappa shape index (κ1) is 58.4. The maximum atomic E-state index is 14.5. The minimum absolute atomic E-state index is 0.0132. The first-order valence-corrected chi connectivity index (χ1v) is 29.0. The van der Waals surface area contributed by atoms with Gasteiger partial charge in [-0.25, -0.2) is 4.79 Å². The second kappa shape index (κ2) is 26.5. The van der Waals surface area contributed by atoms with Crippen LogP contribution in [0.3, 0.4) is 0 Å². The molecule has 3 aliphatic heterocycles. The van der Waals surface area contributed by atoms with E-state index >= 15 is 0 Å². The molecule has 390 valence electrons.